The fraction of sp³-hybridized carbons (Fsp3) is 0.647. The van der Waals surface area contributed by atoms with Crippen LogP contribution in [0, 0.1) is 11.3 Å². The summed E-state index contributed by atoms with van der Waals surface area (Å²) in [7, 11) is 0. The Morgan fingerprint density at radius 2 is 1.59 bits per heavy atom. The Bertz CT molecular complexity index is 410. The highest BCUT2D eigenvalue weighted by Gasteiger charge is 2.45. The molecule has 0 heterocycles. The Balaban J connectivity index is 2.09. The molecule has 1 aromatic rings. The van der Waals surface area contributed by atoms with Gasteiger partial charge < -0.3 is 0 Å². The average molecular weight is 228 g/mol. The van der Waals surface area contributed by atoms with Crippen molar-refractivity contribution in [1.82, 2.24) is 0 Å². The summed E-state index contributed by atoms with van der Waals surface area (Å²) in [6, 6.07) is 9.25. The molecule has 0 aliphatic heterocycles. The summed E-state index contributed by atoms with van der Waals surface area (Å²) in [5, 5.41) is 0. The van der Waals surface area contributed by atoms with Gasteiger partial charge in [-0.15, -0.1) is 0 Å². The van der Waals surface area contributed by atoms with E-state index in [4.69, 9.17) is 0 Å². The molecule has 0 heteroatoms. The number of fused-ring (bicyclic) bond motifs is 3. The van der Waals surface area contributed by atoms with Crippen molar-refractivity contribution in [2.45, 2.75) is 58.3 Å². The maximum absolute atomic E-state index is 2.42. The lowest BCUT2D eigenvalue weighted by Gasteiger charge is -2.37. The Morgan fingerprint density at radius 3 is 2.29 bits per heavy atom. The Hall–Kier alpha value is -0.780. The molecule has 0 spiro atoms. The molecule has 0 radical (unpaired) electrons. The molecule has 1 saturated carbocycles. The molecule has 0 N–H and O–H groups in total. The van der Waals surface area contributed by atoms with Gasteiger partial charge in [0.05, 0.1) is 0 Å². The molecule has 3 unspecified atom stereocenters. The molecule has 17 heavy (non-hydrogen) atoms. The van der Waals surface area contributed by atoms with Gasteiger partial charge in [0.1, 0.15) is 0 Å². The van der Waals surface area contributed by atoms with Gasteiger partial charge >= 0.3 is 0 Å². The predicted molar refractivity (Wildman–Crippen MR) is 73.3 cm³/mol. The summed E-state index contributed by atoms with van der Waals surface area (Å²) in [6.07, 6.45) is 5.75. The molecule has 0 bridgehead atoms. The fourth-order valence-corrected chi connectivity index (χ4v) is 4.42. The zero-order valence-electron chi connectivity index (χ0n) is 11.4. The number of benzene rings is 1. The lowest BCUT2D eigenvalue weighted by Crippen LogP contribution is -2.26. The molecule has 2 aliphatic carbocycles. The maximum Gasteiger partial charge on any atom is -0.00762 e. The van der Waals surface area contributed by atoms with Crippen LogP contribution in [0.15, 0.2) is 24.3 Å². The first-order chi connectivity index (χ1) is 8.09. The van der Waals surface area contributed by atoms with E-state index in [1.165, 1.54) is 25.7 Å². The second-order valence-electron chi connectivity index (χ2n) is 7.03. The summed E-state index contributed by atoms with van der Waals surface area (Å²) >= 11 is 0. The molecular formula is C17H24. The topological polar surface area (TPSA) is 0 Å². The van der Waals surface area contributed by atoms with Gasteiger partial charge in [0, 0.05) is 0 Å². The number of rotatable bonds is 0. The van der Waals surface area contributed by atoms with Gasteiger partial charge in [0.15, 0.2) is 0 Å². The first kappa shape index (κ1) is 11.3. The van der Waals surface area contributed by atoms with Crippen molar-refractivity contribution in [3.63, 3.8) is 0 Å². The summed E-state index contributed by atoms with van der Waals surface area (Å²) in [4.78, 5) is 0. The summed E-state index contributed by atoms with van der Waals surface area (Å²) in [5.74, 6) is 2.56. The van der Waals surface area contributed by atoms with Gasteiger partial charge in [0.25, 0.3) is 0 Å². The smallest absolute Gasteiger partial charge is 0.00762 e. The Labute approximate surface area is 105 Å². The van der Waals surface area contributed by atoms with Crippen LogP contribution in [0.3, 0.4) is 0 Å². The van der Waals surface area contributed by atoms with E-state index in [2.05, 4.69) is 45.0 Å². The van der Waals surface area contributed by atoms with Crippen LogP contribution in [0.4, 0.5) is 0 Å². The van der Waals surface area contributed by atoms with Crippen LogP contribution >= 0.6 is 0 Å². The standard InChI is InChI=1S/C17H24/c1-17(2,3)16-14-10-6-4-8-12(14)13-9-5-7-11-15(13)16/h4,6,8,10,13,15-16H,5,7,9,11H2,1-3H3. The SMILES string of the molecule is CC(C)(C)C1c2ccccc2C2CCCCC21. The Morgan fingerprint density at radius 1 is 0.941 bits per heavy atom. The van der Waals surface area contributed by atoms with Gasteiger partial charge in [-0.1, -0.05) is 57.9 Å². The quantitative estimate of drug-likeness (QED) is 0.579. The highest BCUT2D eigenvalue weighted by molar-refractivity contribution is 5.41. The van der Waals surface area contributed by atoms with Crippen LogP contribution in [-0.4, -0.2) is 0 Å². The van der Waals surface area contributed by atoms with Crippen LogP contribution in [-0.2, 0) is 0 Å². The van der Waals surface area contributed by atoms with E-state index in [0.29, 0.717) is 5.41 Å². The lowest BCUT2D eigenvalue weighted by molar-refractivity contribution is 0.192. The van der Waals surface area contributed by atoms with Gasteiger partial charge in [-0.25, -0.2) is 0 Å². The molecule has 3 atom stereocenters. The Kier molecular flexibility index (Phi) is 2.57. The van der Waals surface area contributed by atoms with Crippen LogP contribution < -0.4 is 0 Å². The van der Waals surface area contributed by atoms with Crippen molar-refractivity contribution < 1.29 is 0 Å². The third-order valence-electron chi connectivity index (χ3n) is 4.91. The van der Waals surface area contributed by atoms with Crippen molar-refractivity contribution in [3.05, 3.63) is 35.4 Å². The monoisotopic (exact) mass is 228 g/mol. The van der Waals surface area contributed by atoms with Crippen molar-refractivity contribution in [2.24, 2.45) is 11.3 Å². The second kappa shape index (κ2) is 3.86. The largest absolute Gasteiger partial charge is 0.0620 e. The van der Waals surface area contributed by atoms with Crippen LogP contribution in [0.2, 0.25) is 0 Å². The van der Waals surface area contributed by atoms with Gasteiger partial charge in [-0.05, 0) is 47.1 Å². The predicted octanol–water partition coefficient (Wildman–Crippen LogP) is 5.10. The zero-order valence-corrected chi connectivity index (χ0v) is 11.4. The molecule has 2 aliphatic rings. The summed E-state index contributed by atoms with van der Waals surface area (Å²) in [6.45, 7) is 7.27. The first-order valence-corrected chi connectivity index (χ1v) is 7.18. The summed E-state index contributed by atoms with van der Waals surface area (Å²) < 4.78 is 0. The van der Waals surface area contributed by atoms with E-state index in [1.807, 2.05) is 0 Å². The van der Waals surface area contributed by atoms with Crippen molar-refractivity contribution in [2.75, 3.05) is 0 Å². The minimum absolute atomic E-state index is 0.410. The minimum Gasteiger partial charge on any atom is -0.0620 e. The second-order valence-corrected chi connectivity index (χ2v) is 7.03. The van der Waals surface area contributed by atoms with Gasteiger partial charge in [-0.3, -0.25) is 0 Å². The molecule has 0 nitrogen and oxygen atoms in total. The van der Waals surface area contributed by atoms with Crippen molar-refractivity contribution in [1.29, 1.82) is 0 Å². The third kappa shape index (κ3) is 1.73. The van der Waals surface area contributed by atoms with Crippen molar-refractivity contribution >= 4 is 0 Å². The lowest BCUT2D eigenvalue weighted by atomic mass is 9.67. The number of hydrogen-bond acceptors (Lipinski definition) is 0. The first-order valence-electron chi connectivity index (χ1n) is 7.18. The molecule has 92 valence electrons. The normalized spacial score (nSPS) is 32.1. The maximum atomic E-state index is 2.42. The molecule has 0 aromatic heterocycles. The molecular weight excluding hydrogens is 204 g/mol. The van der Waals surface area contributed by atoms with Gasteiger partial charge in [-0.2, -0.15) is 0 Å². The van der Waals surface area contributed by atoms with E-state index in [-0.39, 0.29) is 0 Å². The zero-order chi connectivity index (χ0) is 12.0. The molecule has 1 aromatic carbocycles. The van der Waals surface area contributed by atoms with Crippen LogP contribution in [0.1, 0.15) is 69.4 Å². The number of hydrogen-bond donors (Lipinski definition) is 0. The highest BCUT2D eigenvalue weighted by Crippen LogP contribution is 2.58. The van der Waals surface area contributed by atoms with E-state index in [0.717, 1.165) is 17.8 Å². The van der Waals surface area contributed by atoms with E-state index in [9.17, 15) is 0 Å². The highest BCUT2D eigenvalue weighted by atomic mass is 14.5. The molecule has 3 rings (SSSR count). The van der Waals surface area contributed by atoms with Gasteiger partial charge in [0.2, 0.25) is 0 Å². The fourth-order valence-electron chi connectivity index (χ4n) is 4.42. The molecule has 0 amide bonds. The average Bonchev–Trinajstić information content (AvgIpc) is 2.63. The van der Waals surface area contributed by atoms with Crippen molar-refractivity contribution in [3.8, 4) is 0 Å². The third-order valence-corrected chi connectivity index (χ3v) is 4.91. The molecule has 0 saturated heterocycles. The van der Waals surface area contributed by atoms with E-state index >= 15 is 0 Å². The van der Waals surface area contributed by atoms with Crippen LogP contribution in [0.5, 0.6) is 0 Å². The van der Waals surface area contributed by atoms with E-state index < -0.39 is 0 Å². The summed E-state index contributed by atoms with van der Waals surface area (Å²) in [5.41, 5.74) is 3.75. The molecule has 1 fully saturated rings. The van der Waals surface area contributed by atoms with E-state index in [1.54, 1.807) is 11.1 Å². The van der Waals surface area contributed by atoms with Crippen LogP contribution in [0.25, 0.3) is 0 Å². The minimum atomic E-state index is 0.410.